The number of nitrogens with one attached hydrogen (secondary N) is 1. The Labute approximate surface area is 161 Å². The van der Waals surface area contributed by atoms with Crippen LogP contribution < -0.4 is 5.32 Å². The molecule has 144 valence electrons. The van der Waals surface area contributed by atoms with E-state index in [2.05, 4.69) is 5.32 Å². The minimum Gasteiger partial charge on any atom is -0.452 e. The van der Waals surface area contributed by atoms with Crippen LogP contribution in [0.5, 0.6) is 0 Å². The SMILES string of the molecule is Cc1ccc(CC(=O)O[C@@H](C)C(=O)Nc2ccc(SC(F)F)cc2)cc1C. The molecular formula is C20H21F2NO3S. The summed E-state index contributed by atoms with van der Waals surface area (Å²) in [5, 5.41) is 2.60. The molecule has 0 unspecified atom stereocenters. The van der Waals surface area contributed by atoms with E-state index in [1.165, 1.54) is 31.2 Å². The Kier molecular flexibility index (Phi) is 7.36. The van der Waals surface area contributed by atoms with Crippen LogP contribution in [0.15, 0.2) is 47.4 Å². The Morgan fingerprint density at radius 1 is 1.07 bits per heavy atom. The quantitative estimate of drug-likeness (QED) is 0.546. The third-order valence-electron chi connectivity index (χ3n) is 3.94. The summed E-state index contributed by atoms with van der Waals surface area (Å²) in [5.74, 6) is -3.48. The highest BCUT2D eigenvalue weighted by atomic mass is 32.2. The number of carbonyl (C=O) groups is 2. The minimum atomic E-state index is -2.50. The number of benzene rings is 2. The summed E-state index contributed by atoms with van der Waals surface area (Å²) in [6.07, 6.45) is -0.891. The average molecular weight is 393 g/mol. The number of halogens is 2. The van der Waals surface area contributed by atoms with Crippen LogP contribution in [0.2, 0.25) is 0 Å². The molecule has 0 saturated heterocycles. The lowest BCUT2D eigenvalue weighted by molar-refractivity contribution is -0.152. The van der Waals surface area contributed by atoms with E-state index in [9.17, 15) is 18.4 Å². The Hall–Kier alpha value is -2.41. The number of hydrogen-bond donors (Lipinski definition) is 1. The number of rotatable bonds is 7. The number of thioether (sulfide) groups is 1. The second kappa shape index (κ2) is 9.50. The first-order chi connectivity index (χ1) is 12.7. The molecule has 7 heteroatoms. The van der Waals surface area contributed by atoms with Gasteiger partial charge in [0.25, 0.3) is 11.7 Å². The van der Waals surface area contributed by atoms with E-state index in [0.717, 1.165) is 16.7 Å². The highest BCUT2D eigenvalue weighted by Crippen LogP contribution is 2.26. The van der Waals surface area contributed by atoms with Gasteiger partial charge in [-0.05, 0) is 61.7 Å². The predicted octanol–water partition coefficient (Wildman–Crippen LogP) is 4.73. The highest BCUT2D eigenvalue weighted by molar-refractivity contribution is 7.99. The molecule has 0 aliphatic rings. The van der Waals surface area contributed by atoms with Gasteiger partial charge in [-0.15, -0.1) is 0 Å². The van der Waals surface area contributed by atoms with Crippen LogP contribution in [0.4, 0.5) is 14.5 Å². The summed E-state index contributed by atoms with van der Waals surface area (Å²) < 4.78 is 29.8. The zero-order valence-corrected chi connectivity index (χ0v) is 16.1. The van der Waals surface area contributed by atoms with Crippen LogP contribution in [0.1, 0.15) is 23.6 Å². The molecule has 0 aliphatic carbocycles. The molecule has 4 nitrogen and oxygen atoms in total. The molecule has 1 amide bonds. The Balaban J connectivity index is 1.87. The maximum atomic E-state index is 12.3. The first-order valence-electron chi connectivity index (χ1n) is 8.36. The monoisotopic (exact) mass is 393 g/mol. The second-order valence-corrected chi connectivity index (χ2v) is 7.18. The largest absolute Gasteiger partial charge is 0.452 e. The van der Waals surface area contributed by atoms with E-state index in [-0.39, 0.29) is 6.42 Å². The molecule has 0 spiro atoms. The van der Waals surface area contributed by atoms with Gasteiger partial charge in [-0.3, -0.25) is 9.59 Å². The van der Waals surface area contributed by atoms with Gasteiger partial charge in [0.1, 0.15) is 0 Å². The highest BCUT2D eigenvalue weighted by Gasteiger charge is 2.18. The lowest BCUT2D eigenvalue weighted by atomic mass is 10.0. The summed E-state index contributed by atoms with van der Waals surface area (Å²) >= 11 is 0.428. The standard InChI is InChI=1S/C20H21F2NO3S/c1-12-4-5-15(10-13(12)2)11-18(24)26-14(3)19(25)23-16-6-8-17(9-7-16)27-20(21)22/h4-10,14,20H,11H2,1-3H3,(H,23,25)/t14-/m0/s1. The van der Waals surface area contributed by atoms with Crippen molar-refractivity contribution in [1.82, 2.24) is 0 Å². The van der Waals surface area contributed by atoms with Gasteiger partial charge in [0.05, 0.1) is 6.42 Å². The van der Waals surface area contributed by atoms with Gasteiger partial charge < -0.3 is 10.1 Å². The third kappa shape index (κ3) is 6.67. The lowest BCUT2D eigenvalue weighted by Gasteiger charge is -2.14. The van der Waals surface area contributed by atoms with Crippen LogP contribution in [-0.2, 0) is 20.7 Å². The van der Waals surface area contributed by atoms with E-state index >= 15 is 0 Å². The number of esters is 1. The predicted molar refractivity (Wildman–Crippen MR) is 102 cm³/mol. The van der Waals surface area contributed by atoms with E-state index in [1.54, 1.807) is 0 Å². The van der Waals surface area contributed by atoms with E-state index in [0.29, 0.717) is 22.3 Å². The van der Waals surface area contributed by atoms with Crippen molar-refractivity contribution in [3.8, 4) is 0 Å². The summed E-state index contributed by atoms with van der Waals surface area (Å²) in [6, 6.07) is 11.7. The van der Waals surface area contributed by atoms with Crippen molar-refractivity contribution in [2.24, 2.45) is 0 Å². The van der Waals surface area contributed by atoms with Crippen molar-refractivity contribution >= 4 is 29.3 Å². The summed E-state index contributed by atoms with van der Waals surface area (Å²) in [7, 11) is 0. The molecule has 0 bridgehead atoms. The Morgan fingerprint density at radius 3 is 2.33 bits per heavy atom. The molecule has 2 aromatic carbocycles. The van der Waals surface area contributed by atoms with Gasteiger partial charge in [-0.25, -0.2) is 0 Å². The number of aryl methyl sites for hydroxylation is 2. The first-order valence-corrected chi connectivity index (χ1v) is 9.24. The van der Waals surface area contributed by atoms with Crippen LogP contribution in [-0.4, -0.2) is 23.7 Å². The smallest absolute Gasteiger partial charge is 0.311 e. The fraction of sp³-hybridized carbons (Fsp3) is 0.300. The summed E-state index contributed by atoms with van der Waals surface area (Å²) in [4.78, 5) is 24.6. The fourth-order valence-corrected chi connectivity index (χ4v) is 2.84. The van der Waals surface area contributed by atoms with E-state index < -0.39 is 23.7 Å². The van der Waals surface area contributed by atoms with Gasteiger partial charge in [-0.2, -0.15) is 8.78 Å². The zero-order valence-electron chi connectivity index (χ0n) is 15.3. The van der Waals surface area contributed by atoms with Crippen molar-refractivity contribution in [2.45, 2.75) is 43.9 Å². The molecule has 27 heavy (non-hydrogen) atoms. The molecule has 0 saturated carbocycles. The average Bonchev–Trinajstić information content (AvgIpc) is 2.59. The van der Waals surface area contributed by atoms with E-state index in [1.807, 2.05) is 32.0 Å². The first kappa shape index (κ1) is 20.9. The number of amides is 1. The lowest BCUT2D eigenvalue weighted by Crippen LogP contribution is -2.30. The molecule has 0 radical (unpaired) electrons. The number of alkyl halides is 2. The van der Waals surface area contributed by atoms with Gasteiger partial charge in [-0.1, -0.05) is 30.0 Å². The molecule has 1 N–H and O–H groups in total. The van der Waals surface area contributed by atoms with Gasteiger partial charge in [0.15, 0.2) is 6.10 Å². The summed E-state index contributed by atoms with van der Waals surface area (Å²) in [5.41, 5.74) is 3.48. The van der Waals surface area contributed by atoms with Crippen molar-refractivity contribution in [3.05, 3.63) is 59.2 Å². The molecule has 2 aromatic rings. The normalized spacial score (nSPS) is 11.9. The van der Waals surface area contributed by atoms with Crippen LogP contribution in [0, 0.1) is 13.8 Å². The number of ether oxygens (including phenoxy) is 1. The number of hydrogen-bond acceptors (Lipinski definition) is 4. The molecule has 0 fully saturated rings. The second-order valence-electron chi connectivity index (χ2n) is 6.12. The van der Waals surface area contributed by atoms with Gasteiger partial charge >= 0.3 is 5.97 Å². The molecule has 2 rings (SSSR count). The fourth-order valence-electron chi connectivity index (χ4n) is 2.34. The van der Waals surface area contributed by atoms with Crippen LogP contribution in [0.25, 0.3) is 0 Å². The topological polar surface area (TPSA) is 55.4 Å². The van der Waals surface area contributed by atoms with Crippen molar-refractivity contribution in [3.63, 3.8) is 0 Å². The maximum absolute atomic E-state index is 12.3. The number of carbonyl (C=O) groups excluding carboxylic acids is 2. The zero-order chi connectivity index (χ0) is 20.0. The van der Waals surface area contributed by atoms with Crippen molar-refractivity contribution in [1.29, 1.82) is 0 Å². The molecule has 1 atom stereocenters. The number of anilines is 1. The van der Waals surface area contributed by atoms with Gasteiger partial charge in [0, 0.05) is 10.6 Å². The maximum Gasteiger partial charge on any atom is 0.311 e. The molecule has 0 heterocycles. The van der Waals surface area contributed by atoms with Gasteiger partial charge in [0.2, 0.25) is 0 Å². The summed E-state index contributed by atoms with van der Waals surface area (Å²) in [6.45, 7) is 5.43. The van der Waals surface area contributed by atoms with Crippen molar-refractivity contribution in [2.75, 3.05) is 5.32 Å². The molecule has 0 aliphatic heterocycles. The third-order valence-corrected chi connectivity index (χ3v) is 4.67. The van der Waals surface area contributed by atoms with Crippen molar-refractivity contribution < 1.29 is 23.1 Å². The minimum absolute atomic E-state index is 0.0816. The Bertz CT molecular complexity index is 809. The molecular weight excluding hydrogens is 372 g/mol. The van der Waals surface area contributed by atoms with E-state index in [4.69, 9.17) is 4.74 Å². The van der Waals surface area contributed by atoms with Crippen LogP contribution in [0.3, 0.4) is 0 Å². The van der Waals surface area contributed by atoms with Crippen LogP contribution >= 0.6 is 11.8 Å². The Morgan fingerprint density at radius 2 is 1.74 bits per heavy atom. The molecule has 0 aromatic heterocycles.